The first-order chi connectivity index (χ1) is 18.8. The number of benzene rings is 4. The van der Waals surface area contributed by atoms with E-state index in [1.54, 1.807) is 42.5 Å². The van der Waals surface area contributed by atoms with E-state index in [2.05, 4.69) is 31.9 Å². The second kappa shape index (κ2) is 13.3. The minimum atomic E-state index is -0.579. The van der Waals surface area contributed by atoms with Gasteiger partial charge in [0.25, 0.3) is 11.8 Å². The van der Waals surface area contributed by atoms with Crippen LogP contribution in [0.25, 0.3) is 0 Å². The van der Waals surface area contributed by atoms with Crippen molar-refractivity contribution in [1.29, 1.82) is 0 Å². The lowest BCUT2D eigenvalue weighted by atomic mass is 10.1. The van der Waals surface area contributed by atoms with Gasteiger partial charge in [-0.3, -0.25) is 14.9 Å². The second-order valence-electron chi connectivity index (χ2n) is 8.30. The van der Waals surface area contributed by atoms with E-state index in [0.717, 1.165) is 5.56 Å². The molecule has 3 N–H and O–H groups in total. The van der Waals surface area contributed by atoms with Crippen LogP contribution < -0.4 is 20.7 Å². The predicted octanol–water partition coefficient (Wildman–Crippen LogP) is 7.24. The fourth-order valence-electron chi connectivity index (χ4n) is 3.58. The summed E-state index contributed by atoms with van der Waals surface area (Å²) in [6.07, 6.45) is 0.691. The normalized spacial score (nSPS) is 10.4. The molecule has 0 aliphatic rings. The van der Waals surface area contributed by atoms with Gasteiger partial charge in [-0.05, 0) is 72.4 Å². The summed E-state index contributed by atoms with van der Waals surface area (Å²) in [5.41, 5.74) is 2.59. The number of hydrogen-bond donors (Lipinski definition) is 3. The third-order valence-corrected chi connectivity index (χ3v) is 6.45. The molecule has 0 fully saturated rings. The Morgan fingerprint density at radius 3 is 2.41 bits per heavy atom. The number of carbonyl (C=O) groups excluding carboxylic acids is 2. The second-order valence-corrected chi connectivity index (χ2v) is 10.0. The molecule has 0 unspecified atom stereocenters. The van der Waals surface area contributed by atoms with Crippen LogP contribution >= 0.6 is 39.7 Å². The lowest BCUT2D eigenvalue weighted by Crippen LogP contribution is -2.34. The maximum Gasteiger partial charge on any atom is 0.261 e. The van der Waals surface area contributed by atoms with Gasteiger partial charge in [0.1, 0.15) is 11.6 Å². The van der Waals surface area contributed by atoms with Gasteiger partial charge in [0.15, 0.2) is 5.11 Å². The van der Waals surface area contributed by atoms with Gasteiger partial charge in [-0.15, -0.1) is 0 Å². The zero-order valence-electron chi connectivity index (χ0n) is 20.3. The summed E-state index contributed by atoms with van der Waals surface area (Å²) >= 11 is 14.5. The van der Waals surface area contributed by atoms with Crippen LogP contribution in [0.4, 0.5) is 15.8 Å². The molecule has 39 heavy (non-hydrogen) atoms. The van der Waals surface area contributed by atoms with E-state index in [4.69, 9.17) is 28.6 Å². The first kappa shape index (κ1) is 28.2. The smallest absolute Gasteiger partial charge is 0.261 e. The van der Waals surface area contributed by atoms with Gasteiger partial charge < -0.3 is 15.4 Å². The van der Waals surface area contributed by atoms with Crippen LogP contribution in [0.2, 0.25) is 5.02 Å². The van der Waals surface area contributed by atoms with Crippen molar-refractivity contribution < 1.29 is 18.7 Å². The summed E-state index contributed by atoms with van der Waals surface area (Å²) in [7, 11) is 0. The molecule has 0 heterocycles. The first-order valence-electron chi connectivity index (χ1n) is 11.7. The van der Waals surface area contributed by atoms with E-state index >= 15 is 0 Å². The van der Waals surface area contributed by atoms with Gasteiger partial charge in [0.2, 0.25) is 0 Å². The Bertz CT molecular complexity index is 1520. The molecule has 0 aromatic heterocycles. The van der Waals surface area contributed by atoms with Gasteiger partial charge in [-0.2, -0.15) is 0 Å². The molecule has 2 amide bonds. The van der Waals surface area contributed by atoms with Gasteiger partial charge in [-0.25, -0.2) is 4.39 Å². The molecule has 4 rings (SSSR count). The van der Waals surface area contributed by atoms with Gasteiger partial charge in [0.05, 0.1) is 17.2 Å². The summed E-state index contributed by atoms with van der Waals surface area (Å²) in [4.78, 5) is 25.7. The number of hydrogen-bond acceptors (Lipinski definition) is 4. The van der Waals surface area contributed by atoms with Crippen molar-refractivity contribution >= 4 is 68.1 Å². The predicted molar refractivity (Wildman–Crippen MR) is 159 cm³/mol. The molecule has 10 heteroatoms. The average Bonchev–Trinajstić information content (AvgIpc) is 2.92. The van der Waals surface area contributed by atoms with Gasteiger partial charge in [-0.1, -0.05) is 63.9 Å². The van der Waals surface area contributed by atoms with Crippen molar-refractivity contribution in [2.24, 2.45) is 0 Å². The SMILES string of the molecule is O=C(Nc1ccc(F)c(Cl)c1)c1cccc(NC(=S)NC(=O)c2cc(Br)ccc2OCCc2ccccc2)c1. The molecule has 198 valence electrons. The molecule has 0 aliphatic carbocycles. The molecule has 6 nitrogen and oxygen atoms in total. The Balaban J connectivity index is 1.37. The van der Waals surface area contributed by atoms with Crippen LogP contribution in [0.3, 0.4) is 0 Å². The van der Waals surface area contributed by atoms with E-state index in [9.17, 15) is 14.0 Å². The molecule has 0 radical (unpaired) electrons. The van der Waals surface area contributed by atoms with Crippen LogP contribution in [-0.2, 0) is 6.42 Å². The highest BCUT2D eigenvalue weighted by Gasteiger charge is 2.16. The van der Waals surface area contributed by atoms with Crippen molar-refractivity contribution in [1.82, 2.24) is 5.32 Å². The summed E-state index contributed by atoms with van der Waals surface area (Å²) in [5, 5.41) is 8.17. The maximum atomic E-state index is 13.4. The van der Waals surface area contributed by atoms with E-state index in [1.807, 2.05) is 30.3 Å². The molecule has 0 saturated carbocycles. The molecule has 4 aromatic carbocycles. The third-order valence-electron chi connectivity index (χ3n) is 5.46. The fraction of sp³-hybridized carbons (Fsp3) is 0.0690. The summed E-state index contributed by atoms with van der Waals surface area (Å²) in [5.74, 6) is -1.03. The number of rotatable bonds is 8. The van der Waals surface area contributed by atoms with Crippen LogP contribution in [0.1, 0.15) is 26.3 Å². The number of ether oxygens (including phenoxy) is 1. The number of thiocarbonyl (C=S) groups is 1. The maximum absolute atomic E-state index is 13.4. The largest absolute Gasteiger partial charge is 0.492 e. The lowest BCUT2D eigenvalue weighted by Gasteiger charge is -2.14. The van der Waals surface area contributed by atoms with E-state index in [0.29, 0.717) is 45.8 Å². The van der Waals surface area contributed by atoms with E-state index in [-0.39, 0.29) is 10.1 Å². The molecular weight excluding hydrogens is 605 g/mol. The third kappa shape index (κ3) is 8.10. The molecule has 0 spiro atoms. The van der Waals surface area contributed by atoms with Gasteiger partial charge in [0, 0.05) is 27.8 Å². The summed E-state index contributed by atoms with van der Waals surface area (Å²) < 4.78 is 20.0. The zero-order chi connectivity index (χ0) is 27.8. The van der Waals surface area contributed by atoms with Crippen molar-refractivity contribution in [3.8, 4) is 5.75 Å². The Hall–Kier alpha value is -3.79. The summed E-state index contributed by atoms with van der Waals surface area (Å²) in [6.45, 7) is 0.396. The van der Waals surface area contributed by atoms with Crippen molar-refractivity contribution in [3.05, 3.63) is 123 Å². The Morgan fingerprint density at radius 2 is 1.64 bits per heavy atom. The highest BCUT2D eigenvalue weighted by molar-refractivity contribution is 9.10. The zero-order valence-corrected chi connectivity index (χ0v) is 23.5. The quantitative estimate of drug-likeness (QED) is 0.180. The molecule has 0 atom stereocenters. The lowest BCUT2D eigenvalue weighted by molar-refractivity contribution is 0.0972. The standard InChI is InChI=1S/C29H22BrClFN3O3S/c30-20-9-12-26(38-14-13-18-5-2-1-3-6-18)23(16-20)28(37)35-29(39)34-21-8-4-7-19(15-21)27(36)33-22-10-11-25(32)24(31)17-22/h1-12,15-17H,13-14H2,(H,33,36)(H2,34,35,37,39). The highest BCUT2D eigenvalue weighted by Crippen LogP contribution is 2.24. The monoisotopic (exact) mass is 625 g/mol. The Kier molecular flexibility index (Phi) is 9.64. The fourth-order valence-corrected chi connectivity index (χ4v) is 4.33. The van der Waals surface area contributed by atoms with Gasteiger partial charge >= 0.3 is 0 Å². The van der Waals surface area contributed by atoms with E-state index in [1.165, 1.54) is 18.2 Å². The molecular formula is C29H22BrClFN3O3S. The number of amides is 2. The van der Waals surface area contributed by atoms with Crippen molar-refractivity contribution in [2.45, 2.75) is 6.42 Å². The molecule has 0 bridgehead atoms. The number of carbonyl (C=O) groups is 2. The Morgan fingerprint density at radius 1 is 0.872 bits per heavy atom. The highest BCUT2D eigenvalue weighted by atomic mass is 79.9. The molecule has 0 aliphatic heterocycles. The van der Waals surface area contributed by atoms with Crippen molar-refractivity contribution in [2.75, 3.05) is 17.2 Å². The number of anilines is 2. The van der Waals surface area contributed by atoms with Crippen molar-refractivity contribution in [3.63, 3.8) is 0 Å². The van der Waals surface area contributed by atoms with Crippen LogP contribution in [-0.4, -0.2) is 23.5 Å². The van der Waals surface area contributed by atoms with Crippen LogP contribution in [0.15, 0.2) is 95.5 Å². The number of halogens is 3. The van der Waals surface area contributed by atoms with Crippen LogP contribution in [0, 0.1) is 5.82 Å². The van der Waals surface area contributed by atoms with Crippen LogP contribution in [0.5, 0.6) is 5.75 Å². The topological polar surface area (TPSA) is 79.5 Å². The van der Waals surface area contributed by atoms with E-state index < -0.39 is 17.6 Å². The average molecular weight is 627 g/mol. The molecule has 4 aromatic rings. The first-order valence-corrected chi connectivity index (χ1v) is 13.3. The molecule has 0 saturated heterocycles. The minimum Gasteiger partial charge on any atom is -0.492 e. The Labute approximate surface area is 243 Å². The minimum absolute atomic E-state index is 0.0399. The number of nitrogens with one attached hydrogen (secondary N) is 3. The summed E-state index contributed by atoms with van der Waals surface area (Å²) in [6, 6.07) is 25.5.